The number of carbonyl (C=O) groups is 1. The SMILES string of the molecule is CC(=O)c1cc(F)cc(NC(C)c2ccccc2)c1. The molecule has 1 atom stereocenters. The number of halogens is 1. The molecule has 1 unspecified atom stereocenters. The van der Waals surface area contributed by atoms with Crippen molar-refractivity contribution in [1.29, 1.82) is 0 Å². The molecule has 2 nitrogen and oxygen atoms in total. The molecule has 2 aromatic rings. The van der Waals surface area contributed by atoms with Crippen LogP contribution in [0.25, 0.3) is 0 Å². The summed E-state index contributed by atoms with van der Waals surface area (Å²) >= 11 is 0. The fraction of sp³-hybridized carbons (Fsp3) is 0.188. The van der Waals surface area contributed by atoms with Crippen LogP contribution in [0.15, 0.2) is 48.5 Å². The van der Waals surface area contributed by atoms with Gasteiger partial charge in [-0.15, -0.1) is 0 Å². The number of rotatable bonds is 4. The summed E-state index contributed by atoms with van der Waals surface area (Å²) in [7, 11) is 0. The molecule has 0 spiro atoms. The summed E-state index contributed by atoms with van der Waals surface area (Å²) in [4.78, 5) is 11.3. The average Bonchev–Trinajstić information content (AvgIpc) is 2.39. The number of nitrogens with one attached hydrogen (secondary N) is 1. The van der Waals surface area contributed by atoms with E-state index in [1.807, 2.05) is 37.3 Å². The minimum atomic E-state index is -0.407. The van der Waals surface area contributed by atoms with E-state index >= 15 is 0 Å². The van der Waals surface area contributed by atoms with Crippen molar-refractivity contribution in [2.75, 3.05) is 5.32 Å². The number of Topliss-reactive ketones (excluding diaryl/α,β-unsaturated/α-hetero) is 1. The van der Waals surface area contributed by atoms with E-state index in [1.165, 1.54) is 19.1 Å². The smallest absolute Gasteiger partial charge is 0.159 e. The van der Waals surface area contributed by atoms with Gasteiger partial charge >= 0.3 is 0 Å². The Balaban J connectivity index is 2.21. The van der Waals surface area contributed by atoms with Crippen LogP contribution in [0.5, 0.6) is 0 Å². The van der Waals surface area contributed by atoms with E-state index in [9.17, 15) is 9.18 Å². The fourth-order valence-corrected chi connectivity index (χ4v) is 1.95. The van der Waals surface area contributed by atoms with E-state index in [-0.39, 0.29) is 11.8 Å². The minimum Gasteiger partial charge on any atom is -0.378 e. The molecule has 1 N–H and O–H groups in total. The zero-order valence-corrected chi connectivity index (χ0v) is 11.0. The molecular formula is C16H16FNO. The Hall–Kier alpha value is -2.16. The van der Waals surface area contributed by atoms with Crippen LogP contribution in [0.2, 0.25) is 0 Å². The summed E-state index contributed by atoms with van der Waals surface area (Å²) in [5, 5.41) is 3.20. The van der Waals surface area contributed by atoms with Gasteiger partial charge < -0.3 is 5.32 Å². The maximum atomic E-state index is 13.4. The summed E-state index contributed by atoms with van der Waals surface area (Å²) in [6, 6.07) is 14.2. The van der Waals surface area contributed by atoms with Gasteiger partial charge in [-0.25, -0.2) is 4.39 Å². The van der Waals surface area contributed by atoms with Gasteiger partial charge in [0.1, 0.15) is 5.82 Å². The van der Waals surface area contributed by atoms with Crippen LogP contribution in [0, 0.1) is 5.82 Å². The van der Waals surface area contributed by atoms with Crippen LogP contribution in [-0.4, -0.2) is 5.78 Å². The first-order valence-corrected chi connectivity index (χ1v) is 6.19. The molecule has 3 heteroatoms. The summed E-state index contributed by atoms with van der Waals surface area (Å²) in [5.74, 6) is -0.551. The Kier molecular flexibility index (Phi) is 3.95. The van der Waals surface area contributed by atoms with Gasteiger partial charge in [0.05, 0.1) is 0 Å². The minimum absolute atomic E-state index is 0.0443. The quantitative estimate of drug-likeness (QED) is 0.832. The summed E-state index contributed by atoms with van der Waals surface area (Å²) in [5.41, 5.74) is 2.10. The molecule has 2 aromatic carbocycles. The molecule has 0 aliphatic carbocycles. The molecule has 0 aliphatic rings. The standard InChI is InChI=1S/C16H16FNO/c1-11(13-6-4-3-5-7-13)18-16-9-14(12(2)19)8-15(17)10-16/h3-11,18H,1-2H3. The molecule has 0 fully saturated rings. The highest BCUT2D eigenvalue weighted by Crippen LogP contribution is 2.21. The van der Waals surface area contributed by atoms with Crippen molar-refractivity contribution < 1.29 is 9.18 Å². The van der Waals surface area contributed by atoms with Gasteiger partial charge in [0.15, 0.2) is 5.78 Å². The van der Waals surface area contributed by atoms with E-state index in [4.69, 9.17) is 0 Å². The molecule has 0 bridgehead atoms. The third kappa shape index (κ3) is 3.41. The van der Waals surface area contributed by atoms with Crippen LogP contribution in [0.1, 0.15) is 35.8 Å². The Morgan fingerprint density at radius 2 is 1.84 bits per heavy atom. The molecular weight excluding hydrogens is 241 g/mol. The maximum Gasteiger partial charge on any atom is 0.159 e. The normalized spacial score (nSPS) is 11.9. The zero-order valence-electron chi connectivity index (χ0n) is 11.0. The molecule has 0 amide bonds. The van der Waals surface area contributed by atoms with E-state index < -0.39 is 5.82 Å². The molecule has 0 aliphatic heterocycles. The largest absolute Gasteiger partial charge is 0.378 e. The second-order valence-corrected chi connectivity index (χ2v) is 4.56. The van der Waals surface area contributed by atoms with E-state index in [0.717, 1.165) is 5.56 Å². The monoisotopic (exact) mass is 257 g/mol. The van der Waals surface area contributed by atoms with Crippen molar-refractivity contribution in [3.63, 3.8) is 0 Å². The first-order valence-electron chi connectivity index (χ1n) is 6.19. The van der Waals surface area contributed by atoms with Gasteiger partial charge in [-0.3, -0.25) is 4.79 Å². The second-order valence-electron chi connectivity index (χ2n) is 4.56. The maximum absolute atomic E-state index is 13.4. The lowest BCUT2D eigenvalue weighted by Crippen LogP contribution is -2.07. The number of hydrogen-bond acceptors (Lipinski definition) is 2. The number of benzene rings is 2. The van der Waals surface area contributed by atoms with Crippen LogP contribution < -0.4 is 5.32 Å². The van der Waals surface area contributed by atoms with Gasteiger partial charge in [0, 0.05) is 17.3 Å². The summed E-state index contributed by atoms with van der Waals surface area (Å²) in [6.45, 7) is 3.42. The van der Waals surface area contributed by atoms with Crippen molar-refractivity contribution in [2.24, 2.45) is 0 Å². The molecule has 0 radical (unpaired) electrons. The molecule has 0 aromatic heterocycles. The van der Waals surface area contributed by atoms with E-state index in [1.54, 1.807) is 6.07 Å². The highest BCUT2D eigenvalue weighted by atomic mass is 19.1. The zero-order chi connectivity index (χ0) is 13.8. The van der Waals surface area contributed by atoms with Gasteiger partial charge in [-0.1, -0.05) is 30.3 Å². The molecule has 0 saturated carbocycles. The fourth-order valence-electron chi connectivity index (χ4n) is 1.95. The van der Waals surface area contributed by atoms with Crippen LogP contribution >= 0.6 is 0 Å². The third-order valence-corrected chi connectivity index (χ3v) is 2.99. The predicted octanol–water partition coefficient (Wildman–Crippen LogP) is 4.20. The number of anilines is 1. The number of carbonyl (C=O) groups excluding carboxylic acids is 1. The topological polar surface area (TPSA) is 29.1 Å². The molecule has 19 heavy (non-hydrogen) atoms. The van der Waals surface area contributed by atoms with Crippen molar-refractivity contribution in [2.45, 2.75) is 19.9 Å². The first kappa shape index (κ1) is 13.3. The van der Waals surface area contributed by atoms with Gasteiger partial charge in [-0.05, 0) is 37.6 Å². The predicted molar refractivity (Wildman–Crippen MR) is 74.9 cm³/mol. The highest BCUT2D eigenvalue weighted by molar-refractivity contribution is 5.95. The van der Waals surface area contributed by atoms with Crippen LogP contribution in [0.4, 0.5) is 10.1 Å². The lowest BCUT2D eigenvalue weighted by molar-refractivity contribution is 0.101. The highest BCUT2D eigenvalue weighted by Gasteiger charge is 2.08. The average molecular weight is 257 g/mol. The summed E-state index contributed by atoms with van der Waals surface area (Å²) < 4.78 is 13.4. The van der Waals surface area contributed by atoms with E-state index in [0.29, 0.717) is 11.3 Å². The lowest BCUT2D eigenvalue weighted by Gasteiger charge is -2.16. The Bertz CT molecular complexity index is 581. The first-order chi connectivity index (χ1) is 9.06. The van der Waals surface area contributed by atoms with Gasteiger partial charge in [0.25, 0.3) is 0 Å². The van der Waals surface area contributed by atoms with E-state index in [2.05, 4.69) is 5.32 Å². The molecule has 2 rings (SSSR count). The van der Waals surface area contributed by atoms with Crippen molar-refractivity contribution in [3.05, 3.63) is 65.5 Å². The van der Waals surface area contributed by atoms with Crippen LogP contribution in [0.3, 0.4) is 0 Å². The summed E-state index contributed by atoms with van der Waals surface area (Å²) in [6.07, 6.45) is 0. The lowest BCUT2D eigenvalue weighted by atomic mass is 10.1. The Labute approximate surface area is 112 Å². The van der Waals surface area contributed by atoms with Crippen molar-refractivity contribution >= 4 is 11.5 Å². The van der Waals surface area contributed by atoms with Gasteiger partial charge in [-0.2, -0.15) is 0 Å². The molecule has 98 valence electrons. The Morgan fingerprint density at radius 3 is 2.47 bits per heavy atom. The second kappa shape index (κ2) is 5.65. The molecule has 0 saturated heterocycles. The number of hydrogen-bond donors (Lipinski definition) is 1. The van der Waals surface area contributed by atoms with Crippen molar-refractivity contribution in [3.8, 4) is 0 Å². The third-order valence-electron chi connectivity index (χ3n) is 2.99. The molecule has 0 heterocycles. The number of ketones is 1. The van der Waals surface area contributed by atoms with Crippen molar-refractivity contribution in [1.82, 2.24) is 0 Å². The Morgan fingerprint density at radius 1 is 1.16 bits per heavy atom. The van der Waals surface area contributed by atoms with Gasteiger partial charge in [0.2, 0.25) is 0 Å². The van der Waals surface area contributed by atoms with Crippen LogP contribution in [-0.2, 0) is 0 Å².